The van der Waals surface area contributed by atoms with Gasteiger partial charge in [-0.15, -0.1) is 0 Å². The first kappa shape index (κ1) is 15.7. The zero-order chi connectivity index (χ0) is 14.8. The van der Waals surface area contributed by atoms with E-state index in [1.165, 1.54) is 22.3 Å². The van der Waals surface area contributed by atoms with Crippen LogP contribution in [0.2, 0.25) is 0 Å². The minimum absolute atomic E-state index is 0.0897. The van der Waals surface area contributed by atoms with E-state index >= 15 is 0 Å². The van der Waals surface area contributed by atoms with Gasteiger partial charge in [0.2, 0.25) is 5.91 Å². The summed E-state index contributed by atoms with van der Waals surface area (Å²) in [5.74, 6) is 0.0897. The fourth-order valence-electron chi connectivity index (χ4n) is 2.31. The van der Waals surface area contributed by atoms with Gasteiger partial charge in [0, 0.05) is 25.6 Å². The third-order valence-electron chi connectivity index (χ3n) is 3.27. The van der Waals surface area contributed by atoms with Crippen molar-refractivity contribution >= 4 is 5.91 Å². The molecule has 0 unspecified atom stereocenters. The molecule has 2 N–H and O–H groups in total. The lowest BCUT2D eigenvalue weighted by molar-refractivity contribution is -0.131. The maximum atomic E-state index is 12.1. The molecule has 0 aliphatic rings. The molecule has 0 aliphatic heterocycles. The summed E-state index contributed by atoms with van der Waals surface area (Å²) in [6, 6.07) is 4.32. The third-order valence-corrected chi connectivity index (χ3v) is 3.27. The molecule has 106 valence electrons. The van der Waals surface area contributed by atoms with Crippen molar-refractivity contribution in [2.75, 3.05) is 7.05 Å². The van der Waals surface area contributed by atoms with Gasteiger partial charge in [0.1, 0.15) is 0 Å². The summed E-state index contributed by atoms with van der Waals surface area (Å²) in [6.07, 6.45) is 0.369. The Morgan fingerprint density at radius 2 is 1.68 bits per heavy atom. The lowest BCUT2D eigenvalue weighted by Gasteiger charge is -2.24. The Balaban J connectivity index is 2.83. The number of benzene rings is 1. The Morgan fingerprint density at radius 3 is 2.11 bits per heavy atom. The van der Waals surface area contributed by atoms with Crippen LogP contribution >= 0.6 is 0 Å². The van der Waals surface area contributed by atoms with E-state index in [2.05, 4.69) is 32.9 Å². The van der Waals surface area contributed by atoms with Crippen LogP contribution in [0.5, 0.6) is 0 Å². The van der Waals surface area contributed by atoms with E-state index in [1.807, 2.05) is 20.9 Å². The van der Waals surface area contributed by atoms with Crippen LogP contribution in [0.25, 0.3) is 0 Å². The zero-order valence-corrected chi connectivity index (χ0v) is 13.0. The van der Waals surface area contributed by atoms with Gasteiger partial charge in [-0.3, -0.25) is 4.79 Å². The molecule has 3 nitrogen and oxygen atoms in total. The molecule has 0 atom stereocenters. The highest BCUT2D eigenvalue weighted by molar-refractivity contribution is 5.77. The topological polar surface area (TPSA) is 46.3 Å². The van der Waals surface area contributed by atoms with Gasteiger partial charge in [0.15, 0.2) is 0 Å². The van der Waals surface area contributed by atoms with E-state index in [1.54, 1.807) is 4.90 Å². The van der Waals surface area contributed by atoms with Gasteiger partial charge in [0.05, 0.1) is 0 Å². The highest BCUT2D eigenvalue weighted by Gasteiger charge is 2.20. The summed E-state index contributed by atoms with van der Waals surface area (Å²) < 4.78 is 0. The van der Waals surface area contributed by atoms with Crippen molar-refractivity contribution in [2.24, 2.45) is 5.73 Å². The molecule has 0 fully saturated rings. The third kappa shape index (κ3) is 4.67. The smallest absolute Gasteiger partial charge is 0.224 e. The molecule has 0 radical (unpaired) electrons. The van der Waals surface area contributed by atoms with Crippen molar-refractivity contribution in [1.82, 2.24) is 4.90 Å². The monoisotopic (exact) mass is 262 g/mol. The van der Waals surface area contributed by atoms with Gasteiger partial charge in [-0.05, 0) is 51.3 Å². The number of nitrogens with two attached hydrogens (primary N) is 1. The second-order valence-electron chi connectivity index (χ2n) is 6.29. The minimum atomic E-state index is -0.456. The average molecular weight is 262 g/mol. The van der Waals surface area contributed by atoms with Crippen LogP contribution in [-0.4, -0.2) is 23.4 Å². The summed E-state index contributed by atoms with van der Waals surface area (Å²) in [5.41, 5.74) is 10.4. The standard InChI is InChI=1S/C16H26N2O/c1-11-7-12(2)14(13(3)8-11)10-18(6)15(19)9-16(4,5)17/h7-8H,9-10,17H2,1-6H3. The van der Waals surface area contributed by atoms with E-state index in [4.69, 9.17) is 5.73 Å². The summed E-state index contributed by atoms with van der Waals surface area (Å²) >= 11 is 0. The van der Waals surface area contributed by atoms with Gasteiger partial charge < -0.3 is 10.6 Å². The van der Waals surface area contributed by atoms with Gasteiger partial charge >= 0.3 is 0 Å². The Hall–Kier alpha value is -1.35. The second kappa shape index (κ2) is 5.74. The Bertz CT molecular complexity index is 449. The average Bonchev–Trinajstić information content (AvgIpc) is 2.20. The van der Waals surface area contributed by atoms with Crippen LogP contribution in [0.15, 0.2) is 12.1 Å². The minimum Gasteiger partial charge on any atom is -0.341 e. The first-order valence-corrected chi connectivity index (χ1v) is 6.70. The molecule has 1 aromatic carbocycles. The molecule has 1 amide bonds. The molecule has 0 aromatic heterocycles. The number of aryl methyl sites for hydroxylation is 3. The van der Waals surface area contributed by atoms with Crippen LogP contribution in [0.1, 0.15) is 42.5 Å². The molecule has 0 heterocycles. The maximum Gasteiger partial charge on any atom is 0.224 e. The number of hydrogen-bond acceptors (Lipinski definition) is 2. The molecule has 1 rings (SSSR count). The van der Waals surface area contributed by atoms with Crippen LogP contribution in [0.3, 0.4) is 0 Å². The SMILES string of the molecule is Cc1cc(C)c(CN(C)C(=O)CC(C)(C)N)c(C)c1. The Morgan fingerprint density at radius 1 is 1.21 bits per heavy atom. The van der Waals surface area contributed by atoms with Crippen molar-refractivity contribution in [1.29, 1.82) is 0 Å². The van der Waals surface area contributed by atoms with E-state index in [9.17, 15) is 4.79 Å². The largest absolute Gasteiger partial charge is 0.341 e. The quantitative estimate of drug-likeness (QED) is 0.907. The lowest BCUT2D eigenvalue weighted by atomic mass is 9.98. The van der Waals surface area contributed by atoms with Crippen LogP contribution in [-0.2, 0) is 11.3 Å². The van der Waals surface area contributed by atoms with E-state index in [-0.39, 0.29) is 5.91 Å². The Labute approximate surface area is 116 Å². The van der Waals surface area contributed by atoms with Crippen molar-refractivity contribution in [2.45, 2.75) is 53.1 Å². The number of amides is 1. The fraction of sp³-hybridized carbons (Fsp3) is 0.562. The molecule has 0 aliphatic carbocycles. The zero-order valence-electron chi connectivity index (χ0n) is 13.0. The summed E-state index contributed by atoms with van der Waals surface area (Å²) in [6.45, 7) is 10.7. The summed E-state index contributed by atoms with van der Waals surface area (Å²) in [5, 5.41) is 0. The molecule has 1 aromatic rings. The van der Waals surface area contributed by atoms with E-state index in [0.717, 1.165) is 0 Å². The number of carbonyl (C=O) groups excluding carboxylic acids is 1. The predicted octanol–water partition coefficient (Wildman–Crippen LogP) is 2.70. The molecule has 19 heavy (non-hydrogen) atoms. The predicted molar refractivity (Wildman–Crippen MR) is 80.0 cm³/mol. The van der Waals surface area contributed by atoms with Gasteiger partial charge in [-0.25, -0.2) is 0 Å². The number of nitrogens with zero attached hydrogens (tertiary/aromatic N) is 1. The van der Waals surface area contributed by atoms with Crippen molar-refractivity contribution in [3.05, 3.63) is 34.4 Å². The van der Waals surface area contributed by atoms with Crippen LogP contribution < -0.4 is 5.73 Å². The lowest BCUT2D eigenvalue weighted by Crippen LogP contribution is -2.39. The highest BCUT2D eigenvalue weighted by Crippen LogP contribution is 2.18. The molecule has 0 saturated carbocycles. The number of rotatable bonds is 4. The molecule has 3 heteroatoms. The Kier molecular flexibility index (Phi) is 4.75. The first-order chi connectivity index (χ1) is 8.60. The molecular formula is C16H26N2O. The first-order valence-electron chi connectivity index (χ1n) is 6.70. The fourth-order valence-corrected chi connectivity index (χ4v) is 2.31. The van der Waals surface area contributed by atoms with Gasteiger partial charge in [-0.1, -0.05) is 17.7 Å². The normalized spacial score (nSPS) is 11.5. The van der Waals surface area contributed by atoms with Crippen LogP contribution in [0, 0.1) is 20.8 Å². The van der Waals surface area contributed by atoms with Crippen LogP contribution in [0.4, 0.5) is 0 Å². The van der Waals surface area contributed by atoms with Crippen molar-refractivity contribution in [3.63, 3.8) is 0 Å². The molecular weight excluding hydrogens is 236 g/mol. The van der Waals surface area contributed by atoms with Gasteiger partial charge in [0.25, 0.3) is 0 Å². The second-order valence-corrected chi connectivity index (χ2v) is 6.29. The highest BCUT2D eigenvalue weighted by atomic mass is 16.2. The van der Waals surface area contributed by atoms with Gasteiger partial charge in [-0.2, -0.15) is 0 Å². The number of carbonyl (C=O) groups is 1. The van der Waals surface area contributed by atoms with E-state index < -0.39 is 5.54 Å². The summed E-state index contributed by atoms with van der Waals surface area (Å²) in [4.78, 5) is 13.9. The number of hydrogen-bond donors (Lipinski definition) is 1. The van der Waals surface area contributed by atoms with E-state index in [0.29, 0.717) is 13.0 Å². The molecule has 0 spiro atoms. The molecule has 0 saturated heterocycles. The molecule has 0 bridgehead atoms. The summed E-state index contributed by atoms with van der Waals surface area (Å²) in [7, 11) is 1.84. The van der Waals surface area contributed by atoms with Crippen molar-refractivity contribution < 1.29 is 4.79 Å². The van der Waals surface area contributed by atoms with Crippen molar-refractivity contribution in [3.8, 4) is 0 Å². The maximum absolute atomic E-state index is 12.1.